The molecule has 0 radical (unpaired) electrons. The Labute approximate surface area is 127 Å². The van der Waals surface area contributed by atoms with E-state index in [1.165, 1.54) is 0 Å². The highest BCUT2D eigenvalue weighted by atomic mass is 79.9. The third-order valence-corrected chi connectivity index (χ3v) is 4.66. The number of hydrogen-bond donors (Lipinski definition) is 1. The molecule has 1 aliphatic heterocycles. The molecule has 1 saturated heterocycles. The highest BCUT2D eigenvalue weighted by molar-refractivity contribution is 9.10. The van der Waals surface area contributed by atoms with E-state index in [0.717, 1.165) is 15.8 Å². The molecule has 2 nitrogen and oxygen atoms in total. The van der Waals surface area contributed by atoms with Crippen LogP contribution in [0.5, 0.6) is 5.75 Å². The van der Waals surface area contributed by atoms with E-state index in [4.69, 9.17) is 4.74 Å². The standard InChI is InChI=1S/C15H20BrF2NO/c1-11-13(16)5-2-6-14(11)20-9-3-4-12-7-8-19-10-15(12,17)18/h2,5-6,12,19H,3-4,7-10H2,1H3/t12-/m1/s1. The van der Waals surface area contributed by atoms with Crippen LogP contribution in [0.4, 0.5) is 8.78 Å². The summed E-state index contributed by atoms with van der Waals surface area (Å²) >= 11 is 3.45. The third-order valence-electron chi connectivity index (χ3n) is 3.80. The minimum Gasteiger partial charge on any atom is -0.493 e. The van der Waals surface area contributed by atoms with Gasteiger partial charge in [0.05, 0.1) is 13.2 Å². The first-order chi connectivity index (χ1) is 9.50. The Morgan fingerprint density at radius 3 is 3.00 bits per heavy atom. The van der Waals surface area contributed by atoms with Crippen molar-refractivity contribution in [2.75, 3.05) is 19.7 Å². The molecule has 1 aromatic carbocycles. The van der Waals surface area contributed by atoms with Crippen LogP contribution in [0.25, 0.3) is 0 Å². The monoisotopic (exact) mass is 347 g/mol. The smallest absolute Gasteiger partial charge is 0.263 e. The van der Waals surface area contributed by atoms with Crippen LogP contribution in [0.15, 0.2) is 22.7 Å². The molecule has 0 aromatic heterocycles. The Morgan fingerprint density at radius 1 is 1.45 bits per heavy atom. The lowest BCUT2D eigenvalue weighted by molar-refractivity contribution is -0.0770. The molecule has 0 unspecified atom stereocenters. The van der Waals surface area contributed by atoms with Crippen LogP contribution in [0.1, 0.15) is 24.8 Å². The molecule has 1 aromatic rings. The number of ether oxygens (including phenoxy) is 1. The van der Waals surface area contributed by atoms with Gasteiger partial charge in [0, 0.05) is 16.0 Å². The largest absolute Gasteiger partial charge is 0.493 e. The number of hydrogen-bond acceptors (Lipinski definition) is 2. The van der Waals surface area contributed by atoms with Gasteiger partial charge in [-0.15, -0.1) is 0 Å². The van der Waals surface area contributed by atoms with Crippen molar-refractivity contribution < 1.29 is 13.5 Å². The van der Waals surface area contributed by atoms with Crippen LogP contribution >= 0.6 is 15.9 Å². The summed E-state index contributed by atoms with van der Waals surface area (Å²) in [5, 5.41) is 2.75. The normalized spacial score (nSPS) is 21.7. The van der Waals surface area contributed by atoms with Gasteiger partial charge >= 0.3 is 0 Å². The van der Waals surface area contributed by atoms with Crippen molar-refractivity contribution in [1.82, 2.24) is 5.32 Å². The zero-order valence-electron chi connectivity index (χ0n) is 11.6. The second-order valence-corrected chi connectivity index (χ2v) is 6.13. The van der Waals surface area contributed by atoms with E-state index >= 15 is 0 Å². The van der Waals surface area contributed by atoms with Gasteiger partial charge in [0.1, 0.15) is 5.75 Å². The Bertz CT molecular complexity index is 453. The third kappa shape index (κ3) is 3.92. The Balaban J connectivity index is 1.77. The molecule has 1 aliphatic rings. The molecule has 20 heavy (non-hydrogen) atoms. The van der Waals surface area contributed by atoms with Crippen LogP contribution in [-0.4, -0.2) is 25.6 Å². The number of nitrogens with one attached hydrogen (secondary N) is 1. The van der Waals surface area contributed by atoms with Crippen molar-refractivity contribution in [3.05, 3.63) is 28.2 Å². The highest BCUT2D eigenvalue weighted by Crippen LogP contribution is 2.33. The van der Waals surface area contributed by atoms with Gasteiger partial charge in [0.25, 0.3) is 5.92 Å². The number of piperidine rings is 1. The van der Waals surface area contributed by atoms with Crippen molar-refractivity contribution in [2.24, 2.45) is 5.92 Å². The van der Waals surface area contributed by atoms with Gasteiger partial charge in [-0.25, -0.2) is 8.78 Å². The fourth-order valence-corrected chi connectivity index (χ4v) is 2.85. The predicted molar refractivity (Wildman–Crippen MR) is 79.5 cm³/mol. The molecule has 1 atom stereocenters. The number of halogens is 3. The lowest BCUT2D eigenvalue weighted by Crippen LogP contribution is -2.46. The molecule has 2 rings (SSSR count). The van der Waals surface area contributed by atoms with Crippen LogP contribution < -0.4 is 10.1 Å². The van der Waals surface area contributed by atoms with E-state index in [-0.39, 0.29) is 6.54 Å². The SMILES string of the molecule is Cc1c(Br)cccc1OCCC[C@@H]1CCNCC1(F)F. The van der Waals surface area contributed by atoms with E-state index in [2.05, 4.69) is 21.2 Å². The molecule has 0 saturated carbocycles. The molecule has 0 aliphatic carbocycles. The van der Waals surface area contributed by atoms with Gasteiger partial charge in [-0.1, -0.05) is 22.0 Å². The minimum absolute atomic E-state index is 0.191. The van der Waals surface area contributed by atoms with Crippen LogP contribution in [0, 0.1) is 12.8 Å². The van der Waals surface area contributed by atoms with Gasteiger partial charge < -0.3 is 10.1 Å². The summed E-state index contributed by atoms with van der Waals surface area (Å²) in [5.41, 5.74) is 1.04. The summed E-state index contributed by atoms with van der Waals surface area (Å²) in [6.07, 6.45) is 1.72. The van der Waals surface area contributed by atoms with Gasteiger partial charge in [-0.2, -0.15) is 0 Å². The summed E-state index contributed by atoms with van der Waals surface area (Å²) in [5.74, 6) is -2.28. The Hall–Kier alpha value is -0.680. The van der Waals surface area contributed by atoms with Crippen molar-refractivity contribution >= 4 is 15.9 Å². The maximum Gasteiger partial charge on any atom is 0.263 e. The zero-order valence-corrected chi connectivity index (χ0v) is 13.2. The summed E-state index contributed by atoms with van der Waals surface area (Å²) in [4.78, 5) is 0. The second-order valence-electron chi connectivity index (χ2n) is 5.28. The van der Waals surface area contributed by atoms with E-state index in [9.17, 15) is 8.78 Å². The van der Waals surface area contributed by atoms with Gasteiger partial charge in [-0.3, -0.25) is 0 Å². The lowest BCUT2D eigenvalue weighted by atomic mass is 9.90. The quantitative estimate of drug-likeness (QED) is 0.807. The topological polar surface area (TPSA) is 21.3 Å². The van der Waals surface area contributed by atoms with Gasteiger partial charge in [0.15, 0.2) is 0 Å². The average molecular weight is 348 g/mol. The zero-order chi connectivity index (χ0) is 14.6. The minimum atomic E-state index is -2.58. The molecular formula is C15H20BrF2NO. The van der Waals surface area contributed by atoms with E-state index in [0.29, 0.717) is 32.4 Å². The first-order valence-corrected chi connectivity index (χ1v) is 7.76. The van der Waals surface area contributed by atoms with Gasteiger partial charge in [0.2, 0.25) is 0 Å². The van der Waals surface area contributed by atoms with Gasteiger partial charge in [-0.05, 0) is 44.9 Å². The Morgan fingerprint density at radius 2 is 2.25 bits per heavy atom. The second kappa shape index (κ2) is 6.85. The van der Waals surface area contributed by atoms with E-state index in [1.54, 1.807) is 0 Å². The molecule has 1 N–H and O–H groups in total. The molecule has 1 fully saturated rings. The fraction of sp³-hybridized carbons (Fsp3) is 0.600. The molecule has 0 amide bonds. The molecule has 0 bridgehead atoms. The van der Waals surface area contributed by atoms with Crippen molar-refractivity contribution in [2.45, 2.75) is 32.1 Å². The number of alkyl halides is 2. The molecule has 0 spiro atoms. The van der Waals surface area contributed by atoms with Crippen molar-refractivity contribution in [1.29, 1.82) is 0 Å². The first kappa shape index (κ1) is 15.7. The Kier molecular flexibility index (Phi) is 5.38. The number of rotatable bonds is 5. The molecule has 112 valence electrons. The van der Waals surface area contributed by atoms with Crippen LogP contribution in [0.2, 0.25) is 0 Å². The maximum absolute atomic E-state index is 13.6. The van der Waals surface area contributed by atoms with Crippen molar-refractivity contribution in [3.63, 3.8) is 0 Å². The lowest BCUT2D eigenvalue weighted by Gasteiger charge is -2.31. The summed E-state index contributed by atoms with van der Waals surface area (Å²) < 4.78 is 33.9. The fourth-order valence-electron chi connectivity index (χ4n) is 2.50. The average Bonchev–Trinajstić information content (AvgIpc) is 2.40. The van der Waals surface area contributed by atoms with E-state index in [1.807, 2.05) is 25.1 Å². The van der Waals surface area contributed by atoms with Crippen molar-refractivity contribution in [3.8, 4) is 5.75 Å². The maximum atomic E-state index is 13.6. The molecule has 1 heterocycles. The summed E-state index contributed by atoms with van der Waals surface area (Å²) in [6, 6.07) is 5.77. The molecular weight excluding hydrogens is 328 g/mol. The summed E-state index contributed by atoms with van der Waals surface area (Å²) in [7, 11) is 0. The van der Waals surface area contributed by atoms with Crippen LogP contribution in [-0.2, 0) is 0 Å². The molecule has 5 heteroatoms. The predicted octanol–water partition coefficient (Wildman–Crippen LogP) is 4.16. The van der Waals surface area contributed by atoms with Crippen LogP contribution in [0.3, 0.4) is 0 Å². The summed E-state index contributed by atoms with van der Waals surface area (Å²) in [6.45, 7) is 2.95. The highest BCUT2D eigenvalue weighted by Gasteiger charge is 2.40. The van der Waals surface area contributed by atoms with E-state index < -0.39 is 11.8 Å². The number of benzene rings is 1. The first-order valence-electron chi connectivity index (χ1n) is 6.97.